The molecule has 1 N–H and O–H groups in total. The third kappa shape index (κ3) is 2.73. The smallest absolute Gasteiger partial charge is 0.262 e. The lowest BCUT2D eigenvalue weighted by Gasteiger charge is -2.57. The number of ether oxygens (including phenoxy) is 1. The molecule has 1 unspecified atom stereocenters. The Balaban J connectivity index is 1.53. The van der Waals surface area contributed by atoms with Crippen LogP contribution in [0.25, 0.3) is 0 Å². The minimum absolute atomic E-state index is 0.0828. The van der Waals surface area contributed by atoms with Crippen molar-refractivity contribution in [2.24, 2.45) is 28.7 Å². The normalized spacial score (nSPS) is 40.3. The van der Waals surface area contributed by atoms with Crippen LogP contribution in [-0.2, 0) is 14.3 Å². The van der Waals surface area contributed by atoms with E-state index < -0.39 is 5.92 Å². The van der Waals surface area contributed by atoms with E-state index in [0.717, 1.165) is 42.6 Å². The molecule has 24 heavy (non-hydrogen) atoms. The first-order valence-corrected chi connectivity index (χ1v) is 9.08. The van der Waals surface area contributed by atoms with Crippen LogP contribution in [0.3, 0.4) is 0 Å². The SMILES string of the molecule is COCC1=CC(C)=NC(=O)C1C(=O)NC12CC3CC(CC(C3)C1)C2. The molecular formula is C19H26N2O3. The van der Waals surface area contributed by atoms with Crippen LogP contribution >= 0.6 is 0 Å². The molecule has 2 amide bonds. The number of amides is 2. The molecule has 1 aliphatic heterocycles. The molecule has 4 bridgehead atoms. The first-order chi connectivity index (χ1) is 11.5. The Bertz CT molecular complexity index is 599. The maximum Gasteiger partial charge on any atom is 0.262 e. The lowest BCUT2D eigenvalue weighted by molar-refractivity contribution is -0.135. The van der Waals surface area contributed by atoms with Crippen molar-refractivity contribution in [3.8, 4) is 0 Å². The molecule has 1 atom stereocenters. The number of hydrogen-bond acceptors (Lipinski definition) is 3. The van der Waals surface area contributed by atoms with Gasteiger partial charge in [-0.2, -0.15) is 0 Å². The fraction of sp³-hybridized carbons (Fsp3) is 0.737. The zero-order valence-corrected chi connectivity index (χ0v) is 14.5. The third-order valence-electron chi connectivity index (χ3n) is 6.30. The summed E-state index contributed by atoms with van der Waals surface area (Å²) in [6.07, 6.45) is 9.04. The molecular weight excluding hydrogens is 304 g/mol. The van der Waals surface area contributed by atoms with Crippen LogP contribution < -0.4 is 5.32 Å². The average molecular weight is 330 g/mol. The summed E-state index contributed by atoms with van der Waals surface area (Å²) in [5.41, 5.74) is 1.28. The Morgan fingerprint density at radius 1 is 1.25 bits per heavy atom. The second-order valence-electron chi connectivity index (χ2n) is 8.36. The molecule has 4 fully saturated rings. The van der Waals surface area contributed by atoms with Gasteiger partial charge in [-0.15, -0.1) is 0 Å². The van der Waals surface area contributed by atoms with E-state index in [1.165, 1.54) is 19.3 Å². The highest BCUT2D eigenvalue weighted by Crippen LogP contribution is 2.55. The van der Waals surface area contributed by atoms with Gasteiger partial charge in [0.05, 0.1) is 6.61 Å². The molecule has 5 heteroatoms. The van der Waals surface area contributed by atoms with Gasteiger partial charge in [0.25, 0.3) is 5.91 Å². The van der Waals surface area contributed by atoms with Crippen molar-refractivity contribution in [1.82, 2.24) is 5.32 Å². The number of nitrogens with one attached hydrogen (secondary N) is 1. The number of carbonyl (C=O) groups excluding carboxylic acids is 2. The largest absolute Gasteiger partial charge is 0.380 e. The van der Waals surface area contributed by atoms with Crippen LogP contribution in [0.4, 0.5) is 0 Å². The number of aliphatic imine (C=N–C) groups is 1. The van der Waals surface area contributed by atoms with E-state index in [2.05, 4.69) is 10.3 Å². The van der Waals surface area contributed by atoms with E-state index in [0.29, 0.717) is 5.71 Å². The topological polar surface area (TPSA) is 67.8 Å². The summed E-state index contributed by atoms with van der Waals surface area (Å²) in [5, 5.41) is 3.30. The zero-order chi connectivity index (χ0) is 16.9. The van der Waals surface area contributed by atoms with E-state index in [1.54, 1.807) is 14.0 Å². The van der Waals surface area contributed by atoms with E-state index in [9.17, 15) is 9.59 Å². The highest BCUT2D eigenvalue weighted by Gasteiger charge is 2.52. The monoisotopic (exact) mass is 330 g/mol. The quantitative estimate of drug-likeness (QED) is 0.804. The van der Waals surface area contributed by atoms with Crippen molar-refractivity contribution >= 4 is 17.5 Å². The van der Waals surface area contributed by atoms with Gasteiger partial charge in [0.1, 0.15) is 5.92 Å². The van der Waals surface area contributed by atoms with Crippen LogP contribution in [0.2, 0.25) is 0 Å². The van der Waals surface area contributed by atoms with Gasteiger partial charge in [0, 0.05) is 18.4 Å². The van der Waals surface area contributed by atoms with Gasteiger partial charge in [0.15, 0.2) is 0 Å². The molecule has 4 aliphatic carbocycles. The van der Waals surface area contributed by atoms with Gasteiger partial charge in [-0.25, -0.2) is 4.99 Å². The summed E-state index contributed by atoms with van der Waals surface area (Å²) < 4.78 is 5.20. The number of dihydropyridines is 1. The van der Waals surface area contributed by atoms with Gasteiger partial charge in [-0.3, -0.25) is 9.59 Å². The first kappa shape index (κ1) is 16.0. The van der Waals surface area contributed by atoms with Gasteiger partial charge in [0.2, 0.25) is 5.91 Å². The summed E-state index contributed by atoms with van der Waals surface area (Å²) in [4.78, 5) is 29.4. The number of nitrogens with zero attached hydrogens (tertiary/aromatic N) is 1. The standard InChI is InChI=1S/C19H26N2O3/c1-11-3-15(10-24-2)16(17(22)20-11)18(23)21-19-7-12-4-13(8-19)6-14(5-12)9-19/h3,12-14,16H,4-10H2,1-2H3,(H,21,23). The molecule has 5 aliphatic rings. The van der Waals surface area contributed by atoms with Gasteiger partial charge in [-0.05, 0) is 74.9 Å². The Kier molecular flexibility index (Phi) is 3.87. The number of methoxy groups -OCH3 is 1. The molecule has 1 heterocycles. The average Bonchev–Trinajstić information content (AvgIpc) is 2.44. The molecule has 0 radical (unpaired) electrons. The molecule has 5 rings (SSSR count). The van der Waals surface area contributed by atoms with Gasteiger partial charge in [-0.1, -0.05) is 0 Å². The van der Waals surface area contributed by atoms with Gasteiger partial charge < -0.3 is 10.1 Å². The van der Waals surface area contributed by atoms with Crippen molar-refractivity contribution in [3.63, 3.8) is 0 Å². The van der Waals surface area contributed by atoms with Crippen LogP contribution in [-0.4, -0.2) is 36.8 Å². The van der Waals surface area contributed by atoms with Crippen molar-refractivity contribution in [2.75, 3.05) is 13.7 Å². The van der Waals surface area contributed by atoms with E-state index >= 15 is 0 Å². The minimum Gasteiger partial charge on any atom is -0.380 e. The number of allylic oxidation sites excluding steroid dienone is 1. The Morgan fingerprint density at radius 2 is 1.83 bits per heavy atom. The predicted octanol–water partition coefficient (Wildman–Crippen LogP) is 2.26. The summed E-state index contributed by atoms with van der Waals surface area (Å²) in [6.45, 7) is 2.07. The molecule has 0 aromatic rings. The molecule has 0 spiro atoms. The molecule has 5 nitrogen and oxygen atoms in total. The Hall–Kier alpha value is -1.49. The molecule has 0 aromatic carbocycles. The molecule has 0 saturated heterocycles. The highest BCUT2D eigenvalue weighted by atomic mass is 16.5. The first-order valence-electron chi connectivity index (χ1n) is 9.08. The van der Waals surface area contributed by atoms with Crippen molar-refractivity contribution in [2.45, 2.75) is 51.0 Å². The Labute approximate surface area is 142 Å². The van der Waals surface area contributed by atoms with E-state index in [4.69, 9.17) is 4.74 Å². The van der Waals surface area contributed by atoms with E-state index in [1.807, 2.05) is 6.08 Å². The van der Waals surface area contributed by atoms with Crippen molar-refractivity contribution in [1.29, 1.82) is 0 Å². The van der Waals surface area contributed by atoms with Crippen LogP contribution in [0.1, 0.15) is 45.4 Å². The summed E-state index contributed by atoms with van der Waals surface area (Å²) in [6, 6.07) is 0. The number of hydrogen-bond donors (Lipinski definition) is 1. The Morgan fingerprint density at radius 3 is 2.38 bits per heavy atom. The maximum atomic E-state index is 13.0. The summed E-state index contributed by atoms with van der Waals surface area (Å²) in [7, 11) is 1.58. The number of rotatable bonds is 4. The second kappa shape index (κ2) is 5.80. The van der Waals surface area contributed by atoms with E-state index in [-0.39, 0.29) is 24.0 Å². The molecule has 130 valence electrons. The second-order valence-corrected chi connectivity index (χ2v) is 8.36. The lowest BCUT2D eigenvalue weighted by atomic mass is 9.53. The molecule has 4 saturated carbocycles. The lowest BCUT2D eigenvalue weighted by Crippen LogP contribution is -2.61. The van der Waals surface area contributed by atoms with Crippen molar-refractivity contribution in [3.05, 3.63) is 11.6 Å². The summed E-state index contributed by atoms with van der Waals surface area (Å²) >= 11 is 0. The zero-order valence-electron chi connectivity index (χ0n) is 14.5. The fourth-order valence-corrected chi connectivity index (χ4v) is 5.95. The highest BCUT2D eigenvalue weighted by molar-refractivity contribution is 6.13. The summed E-state index contributed by atoms with van der Waals surface area (Å²) in [5.74, 6) is 0.918. The fourth-order valence-electron chi connectivity index (χ4n) is 5.95. The third-order valence-corrected chi connectivity index (χ3v) is 6.30. The van der Waals surface area contributed by atoms with Crippen LogP contribution in [0.15, 0.2) is 16.6 Å². The minimum atomic E-state index is -0.818. The van der Waals surface area contributed by atoms with Gasteiger partial charge >= 0.3 is 0 Å². The van der Waals surface area contributed by atoms with Crippen molar-refractivity contribution < 1.29 is 14.3 Å². The maximum absolute atomic E-state index is 13.0. The van der Waals surface area contributed by atoms with Crippen LogP contribution in [0.5, 0.6) is 0 Å². The number of carbonyl (C=O) groups is 2. The molecule has 0 aromatic heterocycles. The van der Waals surface area contributed by atoms with Crippen LogP contribution in [0, 0.1) is 23.7 Å². The predicted molar refractivity (Wildman–Crippen MR) is 90.6 cm³/mol.